The van der Waals surface area contributed by atoms with E-state index in [4.69, 9.17) is 0 Å². The number of aromatic amines is 1. The van der Waals surface area contributed by atoms with Crippen LogP contribution in [0.25, 0.3) is 0 Å². The molecule has 0 aliphatic carbocycles. The highest BCUT2D eigenvalue weighted by Crippen LogP contribution is 2.20. The number of carbonyl (C=O) groups is 3. The Labute approximate surface area is 204 Å². The Hall–Kier alpha value is -3.10. The molecular formula is C20H33N9O5S. The molecule has 2 amide bonds. The van der Waals surface area contributed by atoms with Crippen LogP contribution in [0.1, 0.15) is 77.0 Å². The first kappa shape index (κ1) is 28.1. The van der Waals surface area contributed by atoms with Crippen LogP contribution in [0.15, 0.2) is 15.4 Å². The highest BCUT2D eigenvalue weighted by atomic mass is 32.2. The predicted octanol–water partition coefficient (Wildman–Crippen LogP) is 1.01. The first-order valence-corrected chi connectivity index (χ1v) is 13.3. The van der Waals surface area contributed by atoms with Gasteiger partial charge in [-0.15, -0.1) is 15.3 Å². The number of tetrazole rings is 1. The molecule has 0 saturated carbocycles. The lowest BCUT2D eigenvalue weighted by atomic mass is 9.98. The molecule has 15 heteroatoms. The second-order valence-corrected chi connectivity index (χ2v) is 10.4. The van der Waals surface area contributed by atoms with Gasteiger partial charge in [-0.3, -0.25) is 19.1 Å². The normalized spacial score (nSPS) is 14.9. The summed E-state index contributed by atoms with van der Waals surface area (Å²) in [6, 6.07) is 0. The SMILES string of the molecule is CC(=O)[C@@H](C)CCCCNC(=O)CCCCCS(=O)(=O)NC(=O)CC(C1=NN=NC1)c1nn[nH]n1. The number of nitrogens with zero attached hydrogens (tertiary/aromatic N) is 6. The largest absolute Gasteiger partial charge is 0.356 e. The highest BCUT2D eigenvalue weighted by Gasteiger charge is 2.29. The molecule has 2 atom stereocenters. The number of H-pyrrole nitrogens is 1. The zero-order valence-electron chi connectivity index (χ0n) is 20.1. The molecule has 1 unspecified atom stereocenters. The molecule has 0 spiro atoms. The summed E-state index contributed by atoms with van der Waals surface area (Å²) in [7, 11) is -3.83. The van der Waals surface area contributed by atoms with Crippen molar-refractivity contribution in [2.24, 2.45) is 21.4 Å². The first-order chi connectivity index (χ1) is 16.7. The highest BCUT2D eigenvalue weighted by molar-refractivity contribution is 7.90. The Morgan fingerprint density at radius 3 is 2.54 bits per heavy atom. The topological polar surface area (TPSA) is 201 Å². The average Bonchev–Trinajstić information content (AvgIpc) is 3.51. The summed E-state index contributed by atoms with van der Waals surface area (Å²) >= 11 is 0. The van der Waals surface area contributed by atoms with Crippen molar-refractivity contribution in [3.63, 3.8) is 0 Å². The molecule has 194 valence electrons. The summed E-state index contributed by atoms with van der Waals surface area (Å²) in [5.41, 5.74) is 0.447. The van der Waals surface area contributed by atoms with Crippen LogP contribution in [-0.2, 0) is 24.4 Å². The maximum absolute atomic E-state index is 12.4. The molecule has 0 aromatic carbocycles. The number of nitrogens with one attached hydrogen (secondary N) is 3. The van der Waals surface area contributed by atoms with Crippen molar-refractivity contribution in [1.29, 1.82) is 0 Å². The monoisotopic (exact) mass is 511 g/mol. The van der Waals surface area contributed by atoms with Crippen LogP contribution >= 0.6 is 0 Å². The molecule has 2 rings (SSSR count). The van der Waals surface area contributed by atoms with Gasteiger partial charge in [0.1, 0.15) is 12.3 Å². The Morgan fingerprint density at radius 2 is 1.89 bits per heavy atom. The minimum atomic E-state index is -3.83. The third-order valence-corrected chi connectivity index (χ3v) is 6.97. The van der Waals surface area contributed by atoms with Crippen molar-refractivity contribution in [2.75, 3.05) is 18.8 Å². The van der Waals surface area contributed by atoms with Gasteiger partial charge in [-0.25, -0.2) is 8.42 Å². The van der Waals surface area contributed by atoms with Gasteiger partial charge in [0.25, 0.3) is 0 Å². The summed E-state index contributed by atoms with van der Waals surface area (Å²) in [6.45, 7) is 4.22. The van der Waals surface area contributed by atoms with E-state index >= 15 is 0 Å². The van der Waals surface area contributed by atoms with Gasteiger partial charge in [-0.05, 0) is 37.8 Å². The van der Waals surface area contributed by atoms with E-state index in [2.05, 4.69) is 46.1 Å². The van der Waals surface area contributed by atoms with Crippen molar-refractivity contribution >= 4 is 33.3 Å². The molecule has 0 fully saturated rings. The van der Waals surface area contributed by atoms with Crippen LogP contribution in [0.3, 0.4) is 0 Å². The van der Waals surface area contributed by atoms with E-state index in [0.717, 1.165) is 19.3 Å². The van der Waals surface area contributed by atoms with Gasteiger partial charge >= 0.3 is 0 Å². The maximum atomic E-state index is 12.4. The molecule has 1 aromatic heterocycles. The fourth-order valence-corrected chi connectivity index (χ4v) is 4.50. The van der Waals surface area contributed by atoms with Crippen LogP contribution in [0, 0.1) is 5.92 Å². The molecule has 0 radical (unpaired) electrons. The van der Waals surface area contributed by atoms with E-state index < -0.39 is 21.8 Å². The van der Waals surface area contributed by atoms with Crippen molar-refractivity contribution in [1.82, 2.24) is 30.7 Å². The fraction of sp³-hybridized carbons (Fsp3) is 0.750. The van der Waals surface area contributed by atoms with Crippen molar-refractivity contribution in [3.8, 4) is 0 Å². The second kappa shape index (κ2) is 14.3. The number of Topliss-reactive ketones (excluding diaryl/α,β-unsaturated/α-hetero) is 1. The van der Waals surface area contributed by atoms with Crippen LogP contribution in [0.4, 0.5) is 0 Å². The van der Waals surface area contributed by atoms with Crippen LogP contribution in [0.5, 0.6) is 0 Å². The Balaban J connectivity index is 1.61. The Morgan fingerprint density at radius 1 is 1.09 bits per heavy atom. The summed E-state index contributed by atoms with van der Waals surface area (Å²) in [5.74, 6) is -1.29. The van der Waals surface area contributed by atoms with Crippen LogP contribution in [-0.4, -0.2) is 71.2 Å². The smallest absolute Gasteiger partial charge is 0.234 e. The standard InChI is InChI=1S/C20H33N9O5S/c1-14(15(2)30)8-5-6-10-21-18(31)9-4-3-7-11-35(33,34)26-19(32)12-16(17-13-22-27-23-17)20-24-28-29-25-20/h14,16H,3-13H2,1-2H3,(H,21,31)(H,26,32)(H,24,25,28,29)/t14-,16?/m0/s1. The van der Waals surface area contributed by atoms with Gasteiger partial charge in [0.2, 0.25) is 21.8 Å². The lowest BCUT2D eigenvalue weighted by Crippen LogP contribution is -2.34. The second-order valence-electron chi connectivity index (χ2n) is 8.52. The predicted molar refractivity (Wildman–Crippen MR) is 126 cm³/mol. The quantitative estimate of drug-likeness (QED) is 0.257. The summed E-state index contributed by atoms with van der Waals surface area (Å²) in [5, 5.41) is 27.4. The van der Waals surface area contributed by atoms with E-state index in [9.17, 15) is 22.8 Å². The fourth-order valence-electron chi connectivity index (χ4n) is 3.38. The first-order valence-electron chi connectivity index (χ1n) is 11.6. The molecule has 1 aliphatic rings. The molecule has 14 nitrogen and oxygen atoms in total. The van der Waals surface area contributed by atoms with E-state index in [0.29, 0.717) is 37.9 Å². The molecule has 0 bridgehead atoms. The molecule has 0 saturated heterocycles. The van der Waals surface area contributed by atoms with Gasteiger partial charge in [-0.1, -0.05) is 25.0 Å². The van der Waals surface area contributed by atoms with E-state index in [1.54, 1.807) is 6.92 Å². The number of sulfonamides is 1. The van der Waals surface area contributed by atoms with Gasteiger partial charge < -0.3 is 5.32 Å². The zero-order valence-corrected chi connectivity index (χ0v) is 20.9. The third kappa shape index (κ3) is 10.8. The van der Waals surface area contributed by atoms with Gasteiger partial charge in [-0.2, -0.15) is 10.3 Å². The van der Waals surface area contributed by atoms with Gasteiger partial charge in [0.05, 0.1) is 17.4 Å². The zero-order chi connectivity index (χ0) is 25.7. The summed E-state index contributed by atoms with van der Waals surface area (Å²) in [6.07, 6.45) is 3.96. The third-order valence-electron chi connectivity index (χ3n) is 5.60. The van der Waals surface area contributed by atoms with E-state index in [1.165, 1.54) is 0 Å². The van der Waals surface area contributed by atoms with Crippen molar-refractivity contribution in [2.45, 2.75) is 71.1 Å². The number of unbranched alkanes of at least 4 members (excludes halogenated alkanes) is 3. The molecular weight excluding hydrogens is 478 g/mol. The van der Waals surface area contributed by atoms with Gasteiger partial charge in [0.15, 0.2) is 5.82 Å². The Bertz CT molecular complexity index is 1010. The van der Waals surface area contributed by atoms with Crippen LogP contribution < -0.4 is 10.0 Å². The minimum absolute atomic E-state index is 0.0484. The minimum Gasteiger partial charge on any atom is -0.356 e. The van der Waals surface area contributed by atoms with Crippen molar-refractivity contribution in [3.05, 3.63) is 5.82 Å². The Kier molecular flexibility index (Phi) is 11.5. The van der Waals surface area contributed by atoms with Crippen LogP contribution in [0.2, 0.25) is 0 Å². The molecule has 1 aromatic rings. The van der Waals surface area contributed by atoms with E-state index in [-0.39, 0.29) is 42.2 Å². The lowest BCUT2D eigenvalue weighted by Gasteiger charge is -2.12. The molecule has 2 heterocycles. The van der Waals surface area contributed by atoms with E-state index in [1.807, 2.05) is 6.92 Å². The summed E-state index contributed by atoms with van der Waals surface area (Å²) in [4.78, 5) is 35.4. The number of hydrogen-bond acceptors (Lipinski definition) is 11. The molecule has 3 N–H and O–H groups in total. The number of aromatic nitrogens is 4. The molecule has 35 heavy (non-hydrogen) atoms. The molecule has 1 aliphatic heterocycles. The maximum Gasteiger partial charge on any atom is 0.234 e. The van der Waals surface area contributed by atoms with Crippen molar-refractivity contribution < 1.29 is 22.8 Å². The van der Waals surface area contributed by atoms with Gasteiger partial charge in [0, 0.05) is 25.3 Å². The summed E-state index contributed by atoms with van der Waals surface area (Å²) < 4.78 is 26.6. The number of carbonyl (C=O) groups excluding carboxylic acids is 3. The number of amides is 2. The number of rotatable bonds is 17. The lowest BCUT2D eigenvalue weighted by molar-refractivity contribution is -0.122. The number of hydrogen-bond donors (Lipinski definition) is 3. The average molecular weight is 512 g/mol. The number of ketones is 1.